The van der Waals surface area contributed by atoms with Crippen LogP contribution in [0.3, 0.4) is 0 Å². The number of benzene rings is 1. The number of hydrogen-bond donors (Lipinski definition) is 1. The first-order chi connectivity index (χ1) is 12.8. The molecule has 1 aliphatic carbocycles. The number of carbonyl (C=O) groups is 1. The molecule has 2 N–H and O–H groups in total. The smallest absolute Gasteiger partial charge is 0.410 e. The van der Waals surface area contributed by atoms with E-state index in [0.29, 0.717) is 5.92 Å². The van der Waals surface area contributed by atoms with E-state index in [1.807, 2.05) is 25.7 Å². The van der Waals surface area contributed by atoms with E-state index in [4.69, 9.17) is 10.5 Å². The Morgan fingerprint density at radius 2 is 1.96 bits per heavy atom. The van der Waals surface area contributed by atoms with Crippen molar-refractivity contribution in [2.45, 2.75) is 77.2 Å². The lowest BCUT2D eigenvalue weighted by Gasteiger charge is -2.26. The van der Waals surface area contributed by atoms with E-state index in [-0.39, 0.29) is 6.09 Å². The molecule has 2 aliphatic rings. The highest BCUT2D eigenvalue weighted by molar-refractivity contribution is 5.76. The van der Waals surface area contributed by atoms with Gasteiger partial charge in [0.2, 0.25) is 0 Å². The van der Waals surface area contributed by atoms with Gasteiger partial charge in [0.05, 0.1) is 0 Å². The fourth-order valence-electron chi connectivity index (χ4n) is 4.13. The van der Waals surface area contributed by atoms with Gasteiger partial charge >= 0.3 is 6.09 Å². The van der Waals surface area contributed by atoms with Gasteiger partial charge in [-0.05, 0) is 94.9 Å². The second-order valence-electron chi connectivity index (χ2n) is 8.92. The molecular formula is C23H34N2O2. The molecule has 27 heavy (non-hydrogen) atoms. The first-order valence-electron chi connectivity index (χ1n) is 10.4. The maximum Gasteiger partial charge on any atom is 0.410 e. The minimum Gasteiger partial charge on any atom is -0.444 e. The first-order valence-corrected chi connectivity index (χ1v) is 10.4. The summed E-state index contributed by atoms with van der Waals surface area (Å²) in [5, 5.41) is 0. The molecule has 3 rings (SSSR count). The van der Waals surface area contributed by atoms with Crippen molar-refractivity contribution in [1.82, 2.24) is 4.90 Å². The number of hydrogen-bond acceptors (Lipinski definition) is 3. The second-order valence-corrected chi connectivity index (χ2v) is 8.92. The highest BCUT2D eigenvalue weighted by atomic mass is 16.6. The molecule has 148 valence electrons. The van der Waals surface area contributed by atoms with Crippen LogP contribution in [0.25, 0.3) is 5.57 Å². The van der Waals surface area contributed by atoms with Crippen molar-refractivity contribution in [3.05, 3.63) is 35.4 Å². The highest BCUT2D eigenvalue weighted by Gasteiger charge is 2.26. The Bertz CT molecular complexity index is 703. The van der Waals surface area contributed by atoms with E-state index in [2.05, 4.69) is 24.3 Å². The van der Waals surface area contributed by atoms with Crippen molar-refractivity contribution < 1.29 is 9.53 Å². The summed E-state index contributed by atoms with van der Waals surface area (Å²) in [6.45, 7) is 7.28. The number of nitrogens with zero attached hydrogens (tertiary/aromatic N) is 1. The van der Waals surface area contributed by atoms with Crippen LogP contribution in [0.15, 0.2) is 24.3 Å². The van der Waals surface area contributed by atoms with Crippen molar-refractivity contribution in [2.24, 2.45) is 0 Å². The normalized spacial score (nSPS) is 21.4. The summed E-state index contributed by atoms with van der Waals surface area (Å²) in [4.78, 5) is 14.3. The molecule has 1 aliphatic heterocycles. The third-order valence-electron chi connectivity index (χ3n) is 5.57. The van der Waals surface area contributed by atoms with E-state index in [1.54, 1.807) is 0 Å². The second kappa shape index (κ2) is 8.37. The Balaban J connectivity index is 1.70. The van der Waals surface area contributed by atoms with Gasteiger partial charge in [-0.3, -0.25) is 0 Å². The van der Waals surface area contributed by atoms with Crippen LogP contribution in [0.1, 0.15) is 82.8 Å². The molecule has 1 heterocycles. The van der Waals surface area contributed by atoms with Gasteiger partial charge in [0.15, 0.2) is 0 Å². The summed E-state index contributed by atoms with van der Waals surface area (Å²) in [6.07, 6.45) is 10.1. The molecule has 0 bridgehead atoms. The molecule has 4 nitrogen and oxygen atoms in total. The quantitative estimate of drug-likeness (QED) is 0.676. The number of amides is 1. The average molecular weight is 371 g/mol. The Kier molecular flexibility index (Phi) is 6.13. The van der Waals surface area contributed by atoms with Crippen molar-refractivity contribution >= 4 is 17.4 Å². The van der Waals surface area contributed by atoms with E-state index >= 15 is 0 Å². The SMILES string of the molecule is CC(C)(C)OC(=O)N1CCCC(c2ccc(N)c(C3=CCCCC3)c2)CC1. The summed E-state index contributed by atoms with van der Waals surface area (Å²) in [5.74, 6) is 0.473. The Hall–Kier alpha value is -1.97. The number of nitrogens with two attached hydrogens (primary N) is 1. The lowest BCUT2D eigenvalue weighted by molar-refractivity contribution is 0.0256. The number of rotatable bonds is 2. The fourth-order valence-corrected chi connectivity index (χ4v) is 4.13. The predicted octanol–water partition coefficient (Wildman–Crippen LogP) is 5.73. The van der Waals surface area contributed by atoms with Crippen LogP contribution in [-0.4, -0.2) is 29.7 Å². The molecule has 0 aromatic heterocycles. The van der Waals surface area contributed by atoms with Crippen LogP contribution in [0.5, 0.6) is 0 Å². The molecule has 1 atom stereocenters. The number of likely N-dealkylation sites (tertiary alicyclic amines) is 1. The zero-order valence-electron chi connectivity index (χ0n) is 17.1. The summed E-state index contributed by atoms with van der Waals surface area (Å²) >= 11 is 0. The number of anilines is 1. The van der Waals surface area contributed by atoms with Gasteiger partial charge in [-0.2, -0.15) is 0 Å². The minimum absolute atomic E-state index is 0.187. The van der Waals surface area contributed by atoms with Crippen molar-refractivity contribution in [2.75, 3.05) is 18.8 Å². The van der Waals surface area contributed by atoms with Gasteiger partial charge in [-0.15, -0.1) is 0 Å². The molecule has 0 spiro atoms. The zero-order valence-corrected chi connectivity index (χ0v) is 17.1. The van der Waals surface area contributed by atoms with E-state index in [1.165, 1.54) is 29.5 Å². The van der Waals surface area contributed by atoms with Gasteiger partial charge in [0.25, 0.3) is 0 Å². The lowest BCUT2D eigenvalue weighted by atomic mass is 9.87. The molecule has 1 saturated heterocycles. The van der Waals surface area contributed by atoms with Gasteiger partial charge in [-0.25, -0.2) is 4.79 Å². The third kappa shape index (κ3) is 5.27. The van der Waals surface area contributed by atoms with Gasteiger partial charge in [-0.1, -0.05) is 12.1 Å². The molecule has 1 unspecified atom stereocenters. The maximum absolute atomic E-state index is 12.4. The van der Waals surface area contributed by atoms with E-state index < -0.39 is 5.60 Å². The Morgan fingerprint density at radius 3 is 2.67 bits per heavy atom. The van der Waals surface area contributed by atoms with E-state index in [0.717, 1.165) is 50.9 Å². The van der Waals surface area contributed by atoms with Crippen LogP contribution >= 0.6 is 0 Å². The standard InChI is InChI=1S/C23H34N2O2/c1-23(2,3)27-22(26)25-14-7-10-17(13-15-25)19-11-12-21(24)20(16-19)18-8-5-4-6-9-18/h8,11-12,16-17H,4-7,9-10,13-15,24H2,1-3H3. The topological polar surface area (TPSA) is 55.6 Å². The molecule has 1 aromatic carbocycles. The summed E-state index contributed by atoms with van der Waals surface area (Å²) in [6, 6.07) is 6.55. The van der Waals surface area contributed by atoms with Gasteiger partial charge < -0.3 is 15.4 Å². The molecule has 0 saturated carbocycles. The highest BCUT2D eigenvalue weighted by Crippen LogP contribution is 2.35. The van der Waals surface area contributed by atoms with Gasteiger partial charge in [0.1, 0.15) is 5.60 Å². The lowest BCUT2D eigenvalue weighted by Crippen LogP contribution is -2.37. The molecule has 1 aromatic rings. The van der Waals surface area contributed by atoms with Crippen LogP contribution < -0.4 is 5.73 Å². The number of nitrogen functional groups attached to an aromatic ring is 1. The zero-order chi connectivity index (χ0) is 19.4. The van der Waals surface area contributed by atoms with Crippen molar-refractivity contribution in [3.8, 4) is 0 Å². The summed E-state index contributed by atoms with van der Waals surface area (Å²) in [5.41, 5.74) is 10.7. The minimum atomic E-state index is -0.442. The van der Waals surface area contributed by atoms with Crippen LogP contribution in [0.2, 0.25) is 0 Å². The monoisotopic (exact) mass is 370 g/mol. The fraction of sp³-hybridized carbons (Fsp3) is 0.609. The Labute approximate surface area is 163 Å². The van der Waals surface area contributed by atoms with Crippen molar-refractivity contribution in [3.63, 3.8) is 0 Å². The number of ether oxygens (including phenoxy) is 1. The van der Waals surface area contributed by atoms with Crippen LogP contribution in [0.4, 0.5) is 10.5 Å². The van der Waals surface area contributed by atoms with Crippen molar-refractivity contribution in [1.29, 1.82) is 0 Å². The predicted molar refractivity (Wildman–Crippen MR) is 112 cm³/mol. The Morgan fingerprint density at radius 1 is 1.15 bits per heavy atom. The van der Waals surface area contributed by atoms with E-state index in [9.17, 15) is 4.79 Å². The third-order valence-corrected chi connectivity index (χ3v) is 5.57. The summed E-state index contributed by atoms with van der Waals surface area (Å²) in [7, 11) is 0. The molecule has 4 heteroatoms. The average Bonchev–Trinajstić information content (AvgIpc) is 2.88. The number of carbonyl (C=O) groups excluding carboxylic acids is 1. The molecule has 0 radical (unpaired) electrons. The van der Waals surface area contributed by atoms with Crippen LogP contribution in [0, 0.1) is 0 Å². The molecule has 1 fully saturated rings. The molecular weight excluding hydrogens is 336 g/mol. The maximum atomic E-state index is 12.4. The largest absolute Gasteiger partial charge is 0.444 e. The summed E-state index contributed by atoms with van der Waals surface area (Å²) < 4.78 is 5.55. The number of allylic oxidation sites excluding steroid dienone is 2. The molecule has 1 amide bonds. The first kappa shape index (κ1) is 19.8. The van der Waals surface area contributed by atoms with Gasteiger partial charge in [0, 0.05) is 24.3 Å². The van der Waals surface area contributed by atoms with Crippen LogP contribution in [-0.2, 0) is 4.74 Å².